The number of aromatic nitrogens is 1. The third-order valence-electron chi connectivity index (χ3n) is 4.13. The third-order valence-corrected chi connectivity index (χ3v) is 5.06. The van der Waals surface area contributed by atoms with E-state index in [9.17, 15) is 4.79 Å². The molecule has 0 bridgehead atoms. The summed E-state index contributed by atoms with van der Waals surface area (Å²) in [4.78, 5) is 18.4. The summed E-state index contributed by atoms with van der Waals surface area (Å²) in [5.41, 5.74) is 2.53. The molecule has 0 unspecified atom stereocenters. The molecule has 0 saturated carbocycles. The minimum Gasteiger partial charge on any atom is -0.340 e. The zero-order valence-corrected chi connectivity index (χ0v) is 14.2. The van der Waals surface area contributed by atoms with Gasteiger partial charge in [0.15, 0.2) is 0 Å². The predicted molar refractivity (Wildman–Crippen MR) is 102 cm³/mol. The van der Waals surface area contributed by atoms with Gasteiger partial charge in [-0.15, -0.1) is 11.3 Å². The number of thiophene rings is 1. The highest BCUT2D eigenvalue weighted by atomic mass is 32.1. The van der Waals surface area contributed by atoms with Crippen molar-refractivity contribution in [2.45, 2.75) is 6.04 Å². The zero-order valence-electron chi connectivity index (χ0n) is 13.4. The summed E-state index contributed by atoms with van der Waals surface area (Å²) >= 11 is 1.64. The lowest BCUT2D eigenvalue weighted by Gasteiger charge is -2.18. The van der Waals surface area contributed by atoms with Gasteiger partial charge in [-0.05, 0) is 35.2 Å². The van der Waals surface area contributed by atoms with Crippen molar-refractivity contribution < 1.29 is 4.79 Å². The highest BCUT2D eigenvalue weighted by molar-refractivity contribution is 7.10. The molecular weight excluding hydrogens is 328 g/mol. The molecule has 0 aliphatic heterocycles. The number of fused-ring (bicyclic) bond motifs is 1. The molecule has 4 heteroatoms. The van der Waals surface area contributed by atoms with Gasteiger partial charge in [-0.3, -0.25) is 9.78 Å². The van der Waals surface area contributed by atoms with E-state index in [-0.39, 0.29) is 11.9 Å². The van der Waals surface area contributed by atoms with Crippen LogP contribution in [-0.4, -0.2) is 10.9 Å². The lowest BCUT2D eigenvalue weighted by molar-refractivity contribution is 0.0945. The van der Waals surface area contributed by atoms with Crippen molar-refractivity contribution in [1.82, 2.24) is 10.3 Å². The molecule has 4 aromatic rings. The van der Waals surface area contributed by atoms with Gasteiger partial charge < -0.3 is 5.32 Å². The minimum absolute atomic E-state index is 0.0964. The Morgan fingerprint density at radius 1 is 0.920 bits per heavy atom. The SMILES string of the molecule is O=C(N[C@@H](c1ccccc1)c1cccs1)c1cccc2ncccc12. The van der Waals surface area contributed by atoms with E-state index in [2.05, 4.69) is 10.3 Å². The van der Waals surface area contributed by atoms with Crippen molar-refractivity contribution >= 4 is 28.1 Å². The summed E-state index contributed by atoms with van der Waals surface area (Å²) in [5.74, 6) is -0.0964. The first-order valence-electron chi connectivity index (χ1n) is 8.06. The van der Waals surface area contributed by atoms with Gasteiger partial charge in [-0.2, -0.15) is 0 Å². The number of nitrogens with one attached hydrogen (secondary N) is 1. The second-order valence-corrected chi connectivity index (χ2v) is 6.69. The highest BCUT2D eigenvalue weighted by Crippen LogP contribution is 2.27. The lowest BCUT2D eigenvalue weighted by Crippen LogP contribution is -2.29. The molecule has 1 amide bonds. The maximum Gasteiger partial charge on any atom is 0.252 e. The fraction of sp³-hybridized carbons (Fsp3) is 0.0476. The lowest BCUT2D eigenvalue weighted by atomic mass is 10.0. The second-order valence-electron chi connectivity index (χ2n) is 5.71. The van der Waals surface area contributed by atoms with Gasteiger partial charge in [-0.25, -0.2) is 0 Å². The number of carbonyl (C=O) groups is 1. The molecule has 0 saturated heterocycles. The fourth-order valence-corrected chi connectivity index (χ4v) is 3.73. The number of pyridine rings is 1. The van der Waals surface area contributed by atoms with Crippen LogP contribution >= 0.6 is 11.3 Å². The molecule has 0 radical (unpaired) electrons. The Balaban J connectivity index is 1.71. The summed E-state index contributed by atoms with van der Waals surface area (Å²) in [7, 11) is 0. The van der Waals surface area contributed by atoms with Crippen molar-refractivity contribution in [3.8, 4) is 0 Å². The standard InChI is InChI=1S/C21H16N2OS/c24-21(17-9-4-11-18-16(17)10-5-13-22-18)23-20(19-12-6-14-25-19)15-7-2-1-3-8-15/h1-14,20H,(H,23,24)/t20-/m0/s1. The van der Waals surface area contributed by atoms with Crippen LogP contribution in [0.5, 0.6) is 0 Å². The van der Waals surface area contributed by atoms with Crippen LogP contribution in [0.4, 0.5) is 0 Å². The molecule has 1 atom stereocenters. The Bertz CT molecular complexity index is 992. The van der Waals surface area contributed by atoms with Crippen molar-refractivity contribution in [3.05, 3.63) is 100 Å². The summed E-state index contributed by atoms with van der Waals surface area (Å²) in [6.07, 6.45) is 1.74. The first-order chi connectivity index (χ1) is 12.3. The number of hydrogen-bond donors (Lipinski definition) is 1. The van der Waals surface area contributed by atoms with Crippen LogP contribution in [0.1, 0.15) is 26.8 Å². The molecule has 2 aromatic heterocycles. The molecule has 0 fully saturated rings. The largest absolute Gasteiger partial charge is 0.340 e. The fourth-order valence-electron chi connectivity index (χ4n) is 2.93. The maximum absolute atomic E-state index is 13.0. The van der Waals surface area contributed by atoms with E-state index in [0.29, 0.717) is 5.56 Å². The Morgan fingerprint density at radius 3 is 2.60 bits per heavy atom. The Morgan fingerprint density at radius 2 is 1.80 bits per heavy atom. The smallest absolute Gasteiger partial charge is 0.252 e. The number of benzene rings is 2. The van der Waals surface area contributed by atoms with Crippen LogP contribution in [0.25, 0.3) is 10.9 Å². The van der Waals surface area contributed by atoms with E-state index in [0.717, 1.165) is 21.3 Å². The quantitative estimate of drug-likeness (QED) is 0.577. The molecule has 122 valence electrons. The summed E-state index contributed by atoms with van der Waals surface area (Å²) in [6, 6.07) is 23.3. The minimum atomic E-state index is -0.166. The average Bonchev–Trinajstić information content (AvgIpc) is 3.20. The molecular formula is C21H16N2OS. The second kappa shape index (κ2) is 6.87. The topological polar surface area (TPSA) is 42.0 Å². The van der Waals surface area contributed by atoms with E-state index in [4.69, 9.17) is 0 Å². The van der Waals surface area contributed by atoms with Crippen molar-refractivity contribution in [2.75, 3.05) is 0 Å². The third kappa shape index (κ3) is 3.16. The molecule has 0 spiro atoms. The van der Waals surface area contributed by atoms with Gasteiger partial charge in [0.2, 0.25) is 0 Å². The number of rotatable bonds is 4. The average molecular weight is 344 g/mol. The van der Waals surface area contributed by atoms with Crippen LogP contribution in [-0.2, 0) is 0 Å². The number of nitrogens with zero attached hydrogens (tertiary/aromatic N) is 1. The van der Waals surface area contributed by atoms with Crippen LogP contribution in [0.15, 0.2) is 84.4 Å². The zero-order chi connectivity index (χ0) is 17.1. The Kier molecular flexibility index (Phi) is 4.27. The van der Waals surface area contributed by atoms with Gasteiger partial charge in [0.1, 0.15) is 0 Å². The van der Waals surface area contributed by atoms with E-state index in [1.165, 1.54) is 0 Å². The molecule has 0 aliphatic rings. The molecule has 1 N–H and O–H groups in total. The van der Waals surface area contributed by atoms with Crippen LogP contribution in [0.3, 0.4) is 0 Å². The van der Waals surface area contributed by atoms with Crippen molar-refractivity contribution in [2.24, 2.45) is 0 Å². The predicted octanol–water partition coefficient (Wildman–Crippen LogP) is 4.82. The van der Waals surface area contributed by atoms with Crippen LogP contribution in [0.2, 0.25) is 0 Å². The van der Waals surface area contributed by atoms with Crippen LogP contribution in [0, 0.1) is 0 Å². The van der Waals surface area contributed by atoms with Gasteiger partial charge in [-0.1, -0.05) is 48.5 Å². The Labute approximate surface area is 150 Å². The van der Waals surface area contributed by atoms with E-state index in [1.807, 2.05) is 78.2 Å². The summed E-state index contributed by atoms with van der Waals surface area (Å²) in [5, 5.41) is 6.08. The van der Waals surface area contributed by atoms with Crippen LogP contribution < -0.4 is 5.32 Å². The number of hydrogen-bond acceptors (Lipinski definition) is 3. The van der Waals surface area contributed by atoms with Crippen molar-refractivity contribution in [3.63, 3.8) is 0 Å². The van der Waals surface area contributed by atoms with E-state index < -0.39 is 0 Å². The summed E-state index contributed by atoms with van der Waals surface area (Å²) < 4.78 is 0. The van der Waals surface area contributed by atoms with Gasteiger partial charge in [0.25, 0.3) is 5.91 Å². The van der Waals surface area contributed by atoms with E-state index in [1.54, 1.807) is 17.5 Å². The van der Waals surface area contributed by atoms with Gasteiger partial charge in [0.05, 0.1) is 11.6 Å². The first-order valence-corrected chi connectivity index (χ1v) is 8.94. The maximum atomic E-state index is 13.0. The molecule has 2 heterocycles. The number of amides is 1. The molecule has 25 heavy (non-hydrogen) atoms. The van der Waals surface area contributed by atoms with Gasteiger partial charge in [0, 0.05) is 22.0 Å². The summed E-state index contributed by atoms with van der Waals surface area (Å²) in [6.45, 7) is 0. The van der Waals surface area contributed by atoms with E-state index >= 15 is 0 Å². The monoisotopic (exact) mass is 344 g/mol. The first kappa shape index (κ1) is 15.5. The normalized spacial score (nSPS) is 12.0. The Hall–Kier alpha value is -2.98. The molecule has 4 rings (SSSR count). The van der Waals surface area contributed by atoms with Gasteiger partial charge >= 0.3 is 0 Å². The molecule has 0 aliphatic carbocycles. The van der Waals surface area contributed by atoms with Crippen molar-refractivity contribution in [1.29, 1.82) is 0 Å². The number of carbonyl (C=O) groups excluding carboxylic acids is 1. The highest BCUT2D eigenvalue weighted by Gasteiger charge is 2.19. The molecule has 3 nitrogen and oxygen atoms in total. The molecule has 2 aromatic carbocycles.